The summed E-state index contributed by atoms with van der Waals surface area (Å²) in [6.07, 6.45) is 4.43. The number of nitrogens with one attached hydrogen (secondary N) is 1. The summed E-state index contributed by atoms with van der Waals surface area (Å²) in [4.78, 5) is 2.20. The highest BCUT2D eigenvalue weighted by Crippen LogP contribution is 2.22. The number of likely N-dealkylation sites (tertiary alicyclic amines) is 1. The third-order valence-corrected chi connectivity index (χ3v) is 3.89. The number of nitrogens with zero attached hydrogens (tertiary/aromatic N) is 1. The molecular weight excluding hydrogens is 244 g/mol. The third kappa shape index (κ3) is 4.13. The van der Waals surface area contributed by atoms with Gasteiger partial charge < -0.3 is 5.32 Å². The van der Waals surface area contributed by atoms with E-state index in [1.165, 1.54) is 11.1 Å². The molecule has 3 heteroatoms. The van der Waals surface area contributed by atoms with E-state index < -0.39 is 0 Å². The Morgan fingerprint density at radius 2 is 2.17 bits per heavy atom. The fraction of sp³-hybridized carbons (Fsp3) is 0.467. The van der Waals surface area contributed by atoms with Crippen LogP contribution in [0.4, 0.5) is 0 Å². The van der Waals surface area contributed by atoms with E-state index in [1.807, 2.05) is 6.07 Å². The van der Waals surface area contributed by atoms with Crippen LogP contribution >= 0.6 is 11.6 Å². The van der Waals surface area contributed by atoms with Crippen molar-refractivity contribution in [2.75, 3.05) is 20.1 Å². The second-order valence-electron chi connectivity index (χ2n) is 4.85. The van der Waals surface area contributed by atoms with Gasteiger partial charge in [0, 0.05) is 19.6 Å². The van der Waals surface area contributed by atoms with Crippen LogP contribution in [0.3, 0.4) is 0 Å². The normalized spacial score (nSPS) is 23.4. The number of alkyl halides is 1. The van der Waals surface area contributed by atoms with Gasteiger partial charge in [0.25, 0.3) is 0 Å². The molecule has 0 aliphatic carbocycles. The van der Waals surface area contributed by atoms with E-state index in [9.17, 15) is 0 Å². The maximum absolute atomic E-state index is 6.24. The molecule has 1 aliphatic rings. The number of piperidine rings is 1. The van der Waals surface area contributed by atoms with Crippen LogP contribution in [0, 0.1) is 0 Å². The molecule has 1 aromatic rings. The van der Waals surface area contributed by atoms with Crippen molar-refractivity contribution in [3.8, 4) is 0 Å². The molecule has 2 rings (SSSR count). The van der Waals surface area contributed by atoms with Crippen LogP contribution in [-0.4, -0.2) is 30.5 Å². The van der Waals surface area contributed by atoms with Crippen molar-refractivity contribution < 1.29 is 0 Å². The first-order chi connectivity index (χ1) is 8.75. The fourth-order valence-electron chi connectivity index (χ4n) is 2.15. The van der Waals surface area contributed by atoms with Crippen molar-refractivity contribution in [1.82, 2.24) is 10.2 Å². The summed E-state index contributed by atoms with van der Waals surface area (Å²) < 4.78 is 0. The van der Waals surface area contributed by atoms with Crippen molar-refractivity contribution in [2.24, 2.45) is 0 Å². The van der Waals surface area contributed by atoms with Gasteiger partial charge in [-0.25, -0.2) is 0 Å². The van der Waals surface area contributed by atoms with Gasteiger partial charge in [0.15, 0.2) is 0 Å². The minimum atomic E-state index is 0.166. The smallest absolute Gasteiger partial charge is 0.0885 e. The lowest BCUT2D eigenvalue weighted by Crippen LogP contribution is -2.33. The zero-order valence-electron chi connectivity index (χ0n) is 10.9. The second kappa shape index (κ2) is 6.93. The predicted molar refractivity (Wildman–Crippen MR) is 77.7 cm³/mol. The largest absolute Gasteiger partial charge is 0.309 e. The Morgan fingerprint density at radius 1 is 1.39 bits per heavy atom. The van der Waals surface area contributed by atoms with Gasteiger partial charge in [-0.1, -0.05) is 42.0 Å². The molecule has 1 fully saturated rings. The monoisotopic (exact) mass is 264 g/mol. The molecule has 1 atom stereocenters. The van der Waals surface area contributed by atoms with E-state index >= 15 is 0 Å². The first kappa shape index (κ1) is 13.6. The molecule has 1 unspecified atom stereocenters. The third-order valence-electron chi connectivity index (χ3n) is 3.40. The van der Waals surface area contributed by atoms with Crippen molar-refractivity contribution in [3.63, 3.8) is 0 Å². The minimum absolute atomic E-state index is 0.166. The molecule has 0 radical (unpaired) electrons. The van der Waals surface area contributed by atoms with Gasteiger partial charge in [0.05, 0.1) is 5.50 Å². The van der Waals surface area contributed by atoms with E-state index in [1.54, 1.807) is 0 Å². The van der Waals surface area contributed by atoms with Crippen molar-refractivity contribution >= 4 is 11.6 Å². The van der Waals surface area contributed by atoms with Gasteiger partial charge in [-0.05, 0) is 25.5 Å². The Balaban J connectivity index is 1.72. The van der Waals surface area contributed by atoms with Crippen LogP contribution in [0.15, 0.2) is 42.0 Å². The first-order valence-corrected chi connectivity index (χ1v) is 6.96. The van der Waals surface area contributed by atoms with Crippen LogP contribution < -0.4 is 5.32 Å². The van der Waals surface area contributed by atoms with Crippen LogP contribution in [0.5, 0.6) is 0 Å². The molecule has 1 saturated heterocycles. The lowest BCUT2D eigenvalue weighted by molar-refractivity contribution is 0.280. The average molecular weight is 265 g/mol. The lowest BCUT2D eigenvalue weighted by atomic mass is 10.0. The highest BCUT2D eigenvalue weighted by atomic mass is 35.5. The second-order valence-corrected chi connectivity index (χ2v) is 5.35. The van der Waals surface area contributed by atoms with Crippen LogP contribution in [0.1, 0.15) is 18.4 Å². The van der Waals surface area contributed by atoms with Crippen LogP contribution in [0.25, 0.3) is 0 Å². The maximum atomic E-state index is 6.24. The summed E-state index contributed by atoms with van der Waals surface area (Å²) in [5, 5.41) is 3.44. The zero-order chi connectivity index (χ0) is 12.8. The molecule has 1 heterocycles. The summed E-state index contributed by atoms with van der Waals surface area (Å²) in [5.74, 6) is 0. The molecule has 0 amide bonds. The fourth-order valence-corrected chi connectivity index (χ4v) is 2.44. The van der Waals surface area contributed by atoms with Crippen LogP contribution in [0.2, 0.25) is 0 Å². The summed E-state index contributed by atoms with van der Waals surface area (Å²) in [6.45, 7) is 2.92. The zero-order valence-corrected chi connectivity index (χ0v) is 11.7. The SMILES string of the molecule is CN1CC/C(=C/CNCc2ccccc2)CC1Cl. The predicted octanol–water partition coefficient (Wildman–Crippen LogP) is 2.99. The molecule has 1 aromatic carbocycles. The van der Waals surface area contributed by atoms with Crippen molar-refractivity contribution in [1.29, 1.82) is 0 Å². The summed E-state index contributed by atoms with van der Waals surface area (Å²) in [5.41, 5.74) is 2.97. The Morgan fingerprint density at radius 3 is 2.89 bits per heavy atom. The Bertz CT molecular complexity index is 389. The molecule has 98 valence electrons. The molecule has 0 saturated carbocycles. The molecule has 0 spiro atoms. The quantitative estimate of drug-likeness (QED) is 0.389. The van der Waals surface area contributed by atoms with Gasteiger partial charge in [-0.15, -0.1) is 11.6 Å². The Hall–Kier alpha value is -0.830. The number of hydrogen-bond donors (Lipinski definition) is 1. The molecular formula is C15H21ClN2. The van der Waals surface area contributed by atoms with E-state index in [-0.39, 0.29) is 5.50 Å². The number of rotatable bonds is 4. The summed E-state index contributed by atoms with van der Waals surface area (Å²) >= 11 is 6.24. The molecule has 1 N–H and O–H groups in total. The van der Waals surface area contributed by atoms with E-state index in [0.29, 0.717) is 0 Å². The molecule has 2 nitrogen and oxygen atoms in total. The van der Waals surface area contributed by atoms with Gasteiger partial charge in [0.2, 0.25) is 0 Å². The molecule has 18 heavy (non-hydrogen) atoms. The highest BCUT2D eigenvalue weighted by molar-refractivity contribution is 6.20. The number of benzene rings is 1. The number of halogens is 1. The van der Waals surface area contributed by atoms with Crippen LogP contribution in [-0.2, 0) is 6.54 Å². The van der Waals surface area contributed by atoms with Crippen molar-refractivity contribution in [2.45, 2.75) is 24.9 Å². The Labute approximate surface area is 115 Å². The molecule has 0 bridgehead atoms. The van der Waals surface area contributed by atoms with Gasteiger partial charge in [-0.3, -0.25) is 4.90 Å². The first-order valence-electron chi connectivity index (χ1n) is 6.52. The minimum Gasteiger partial charge on any atom is -0.309 e. The average Bonchev–Trinajstić information content (AvgIpc) is 2.40. The van der Waals surface area contributed by atoms with E-state index in [0.717, 1.165) is 32.5 Å². The topological polar surface area (TPSA) is 15.3 Å². The molecule has 1 aliphatic heterocycles. The van der Waals surface area contributed by atoms with Crippen molar-refractivity contribution in [3.05, 3.63) is 47.5 Å². The molecule has 0 aromatic heterocycles. The summed E-state index contributed by atoms with van der Waals surface area (Å²) in [6, 6.07) is 10.5. The standard InChI is InChI=1S/C15H21ClN2/c1-18-10-8-13(11-15(18)16)7-9-17-12-14-5-3-2-4-6-14/h2-7,15,17H,8-12H2,1H3/b13-7-. The number of hydrogen-bond acceptors (Lipinski definition) is 2. The lowest BCUT2D eigenvalue weighted by Gasteiger charge is -2.29. The van der Waals surface area contributed by atoms with E-state index in [2.05, 4.69) is 47.6 Å². The van der Waals surface area contributed by atoms with Gasteiger partial charge >= 0.3 is 0 Å². The van der Waals surface area contributed by atoms with E-state index in [4.69, 9.17) is 11.6 Å². The Kier molecular flexibility index (Phi) is 5.24. The van der Waals surface area contributed by atoms with Gasteiger partial charge in [0.1, 0.15) is 0 Å². The highest BCUT2D eigenvalue weighted by Gasteiger charge is 2.18. The van der Waals surface area contributed by atoms with Gasteiger partial charge in [-0.2, -0.15) is 0 Å². The maximum Gasteiger partial charge on any atom is 0.0885 e. The summed E-state index contributed by atoms with van der Waals surface area (Å²) in [7, 11) is 2.09.